The molecule has 1 amide bonds. The van der Waals surface area contributed by atoms with E-state index in [0.29, 0.717) is 16.9 Å². The van der Waals surface area contributed by atoms with Gasteiger partial charge in [0, 0.05) is 0 Å². The quantitative estimate of drug-likeness (QED) is 0.466. The van der Waals surface area contributed by atoms with Gasteiger partial charge in [-0.3, -0.25) is 0 Å². The molecule has 0 heterocycles. The first kappa shape index (κ1) is 18.5. The van der Waals surface area contributed by atoms with Gasteiger partial charge in [-0.1, -0.05) is 0 Å². The van der Waals surface area contributed by atoms with Gasteiger partial charge in [0.2, 0.25) is 0 Å². The van der Waals surface area contributed by atoms with Crippen LogP contribution in [0.15, 0.2) is 30.3 Å². The maximum absolute atomic E-state index is 13.9. The Hall–Kier alpha value is -2.28. The van der Waals surface area contributed by atoms with Crippen LogP contribution < -0.4 is 15.0 Å². The van der Waals surface area contributed by atoms with E-state index in [2.05, 4.69) is 10.6 Å². The SMILES string of the molecule is CC(=O)Nc1cc(Nc2ccc(F)c(C3CC3)c2)cc(O)c1[As](=O)(O)O. The van der Waals surface area contributed by atoms with E-state index in [9.17, 15) is 26.2 Å². The Bertz CT molecular complexity index is 924. The summed E-state index contributed by atoms with van der Waals surface area (Å²) in [7, 11) is 0. The third-order valence-electron chi connectivity index (χ3n) is 3.99. The van der Waals surface area contributed by atoms with Crippen molar-refractivity contribution in [1.29, 1.82) is 0 Å². The van der Waals surface area contributed by atoms with Crippen LogP contribution >= 0.6 is 0 Å². The molecule has 0 unspecified atom stereocenters. The summed E-state index contributed by atoms with van der Waals surface area (Å²) < 4.78 is 43.9. The Morgan fingerprint density at radius 3 is 2.46 bits per heavy atom. The van der Waals surface area contributed by atoms with Gasteiger partial charge in [-0.25, -0.2) is 0 Å². The fourth-order valence-corrected chi connectivity index (χ4v) is 4.45. The Labute approximate surface area is 151 Å². The predicted molar refractivity (Wildman–Crippen MR) is 94.6 cm³/mol. The molecule has 1 aliphatic carbocycles. The molecule has 9 heteroatoms. The van der Waals surface area contributed by atoms with Crippen LogP contribution in [0, 0.1) is 5.82 Å². The fourth-order valence-electron chi connectivity index (χ4n) is 2.78. The van der Waals surface area contributed by atoms with Crippen molar-refractivity contribution in [3.63, 3.8) is 0 Å². The van der Waals surface area contributed by atoms with Crippen LogP contribution in [0.25, 0.3) is 0 Å². The number of aromatic hydroxyl groups is 1. The predicted octanol–water partition coefficient (Wildman–Crippen LogP) is 1.67. The zero-order chi connectivity index (χ0) is 19.1. The number of carbonyl (C=O) groups excluding carboxylic acids is 1. The van der Waals surface area contributed by atoms with Gasteiger partial charge in [0.1, 0.15) is 0 Å². The van der Waals surface area contributed by atoms with E-state index in [0.717, 1.165) is 18.9 Å². The second kappa shape index (κ2) is 6.79. The molecule has 1 saturated carbocycles. The zero-order valence-corrected chi connectivity index (χ0v) is 15.7. The van der Waals surface area contributed by atoms with Crippen molar-refractivity contribution < 1.29 is 26.2 Å². The van der Waals surface area contributed by atoms with Gasteiger partial charge in [-0.15, -0.1) is 0 Å². The van der Waals surface area contributed by atoms with Crippen molar-refractivity contribution in [2.45, 2.75) is 25.7 Å². The second-order valence-corrected chi connectivity index (χ2v) is 9.47. The van der Waals surface area contributed by atoms with Crippen LogP contribution in [0.5, 0.6) is 5.75 Å². The number of anilines is 3. The molecule has 2 aromatic carbocycles. The molecule has 138 valence electrons. The second-order valence-electron chi connectivity index (χ2n) is 6.25. The molecule has 5 N–H and O–H groups in total. The average molecular weight is 424 g/mol. The number of hydrogen-bond donors (Lipinski definition) is 5. The molecule has 0 atom stereocenters. The first-order valence-electron chi connectivity index (χ1n) is 7.92. The summed E-state index contributed by atoms with van der Waals surface area (Å²) in [5, 5.41) is 15.4. The number of rotatable bonds is 5. The van der Waals surface area contributed by atoms with E-state index in [1.165, 1.54) is 25.1 Å². The topological polar surface area (TPSA) is 119 Å². The van der Waals surface area contributed by atoms with Crippen LogP contribution in [-0.2, 0) is 8.53 Å². The van der Waals surface area contributed by atoms with Gasteiger partial charge < -0.3 is 0 Å². The molecule has 1 fully saturated rings. The first-order chi connectivity index (χ1) is 12.1. The van der Waals surface area contributed by atoms with E-state index < -0.39 is 30.2 Å². The number of hydrogen-bond acceptors (Lipinski definition) is 4. The van der Waals surface area contributed by atoms with Crippen LogP contribution in [0.3, 0.4) is 0 Å². The Kier molecular flexibility index (Phi) is 4.84. The molecule has 0 aromatic heterocycles. The number of amides is 1. The molecule has 0 saturated heterocycles. The first-order valence-corrected chi connectivity index (χ1v) is 11.3. The van der Waals surface area contributed by atoms with E-state index in [1.807, 2.05) is 0 Å². The van der Waals surface area contributed by atoms with E-state index in [1.54, 1.807) is 6.07 Å². The summed E-state index contributed by atoms with van der Waals surface area (Å²) in [6, 6.07) is 7.01. The van der Waals surface area contributed by atoms with E-state index >= 15 is 0 Å². The summed E-state index contributed by atoms with van der Waals surface area (Å²) in [5.41, 5.74) is 1.30. The van der Waals surface area contributed by atoms with E-state index in [4.69, 9.17) is 0 Å². The van der Waals surface area contributed by atoms with Gasteiger partial charge >= 0.3 is 151 Å². The summed E-state index contributed by atoms with van der Waals surface area (Å²) >= 11 is -5.48. The number of benzene rings is 2. The van der Waals surface area contributed by atoms with E-state index in [-0.39, 0.29) is 17.4 Å². The summed E-state index contributed by atoms with van der Waals surface area (Å²) in [4.78, 5) is 11.3. The molecule has 0 aliphatic heterocycles. The molecular weight excluding hydrogens is 406 g/mol. The Balaban J connectivity index is 1.98. The number of carbonyl (C=O) groups is 1. The summed E-state index contributed by atoms with van der Waals surface area (Å²) in [6.45, 7) is 1.19. The Morgan fingerprint density at radius 2 is 1.88 bits per heavy atom. The van der Waals surface area contributed by atoms with Crippen LogP contribution in [0.1, 0.15) is 31.2 Å². The normalized spacial score (nSPS) is 14.2. The minimum atomic E-state index is -5.48. The van der Waals surface area contributed by atoms with Crippen molar-refractivity contribution in [3.05, 3.63) is 41.7 Å². The van der Waals surface area contributed by atoms with Gasteiger partial charge in [-0.05, 0) is 0 Å². The van der Waals surface area contributed by atoms with Crippen molar-refractivity contribution in [3.8, 4) is 5.75 Å². The van der Waals surface area contributed by atoms with Crippen molar-refractivity contribution in [1.82, 2.24) is 0 Å². The molecule has 0 bridgehead atoms. The third kappa shape index (κ3) is 4.09. The average Bonchev–Trinajstić information content (AvgIpc) is 3.31. The zero-order valence-electron chi connectivity index (χ0n) is 13.9. The molecule has 3 rings (SSSR count). The number of phenols is 1. The molecule has 26 heavy (non-hydrogen) atoms. The van der Waals surface area contributed by atoms with Crippen molar-refractivity contribution >= 4 is 41.5 Å². The maximum atomic E-state index is 13.9. The fraction of sp³-hybridized carbons (Fsp3) is 0.235. The summed E-state index contributed by atoms with van der Waals surface area (Å²) in [6.07, 6.45) is 1.87. The Morgan fingerprint density at radius 1 is 1.19 bits per heavy atom. The third-order valence-corrected chi connectivity index (χ3v) is 6.20. The molecule has 0 radical (unpaired) electrons. The van der Waals surface area contributed by atoms with Gasteiger partial charge in [0.05, 0.1) is 0 Å². The molecular formula is C17H18AsFN2O5. The van der Waals surface area contributed by atoms with Gasteiger partial charge in [0.25, 0.3) is 0 Å². The van der Waals surface area contributed by atoms with Gasteiger partial charge in [-0.2, -0.15) is 0 Å². The molecule has 1 aliphatic rings. The summed E-state index contributed by atoms with van der Waals surface area (Å²) in [5.74, 6) is -1.24. The van der Waals surface area contributed by atoms with Crippen molar-refractivity contribution in [2.24, 2.45) is 0 Å². The molecule has 7 nitrogen and oxygen atoms in total. The van der Waals surface area contributed by atoms with Crippen LogP contribution in [0.4, 0.5) is 21.5 Å². The van der Waals surface area contributed by atoms with Crippen LogP contribution in [0.2, 0.25) is 0 Å². The molecule has 0 spiro atoms. The van der Waals surface area contributed by atoms with Crippen LogP contribution in [-0.4, -0.2) is 33.4 Å². The standard InChI is InChI=1S/C17H18AsFN2O5/c1-9(22)20-15-7-12(8-16(23)17(15)18(24,25)26)21-11-4-5-14(19)13(6-11)10-2-3-10/h4-8,10,21,23H,2-3H2,1H3,(H,20,22)(H2,24,25,26). The van der Waals surface area contributed by atoms with Crippen molar-refractivity contribution in [2.75, 3.05) is 10.6 Å². The monoisotopic (exact) mass is 424 g/mol. The molecule has 2 aromatic rings. The van der Waals surface area contributed by atoms with Gasteiger partial charge in [0.15, 0.2) is 0 Å². The number of phenolic OH excluding ortho intramolecular Hbond substituents is 1. The minimum absolute atomic E-state index is 0.169. The number of halogens is 1. The number of nitrogens with one attached hydrogen (secondary N) is 2.